The maximum absolute atomic E-state index is 3.73. The first-order chi connectivity index (χ1) is 7.31. The summed E-state index contributed by atoms with van der Waals surface area (Å²) >= 11 is 0. The monoisotopic (exact) mass is 208 g/mol. The van der Waals surface area contributed by atoms with Gasteiger partial charge in [0.1, 0.15) is 0 Å². The lowest BCUT2D eigenvalue weighted by Gasteiger charge is -2.29. The van der Waals surface area contributed by atoms with Gasteiger partial charge in [-0.2, -0.15) is 0 Å². The van der Waals surface area contributed by atoms with E-state index in [0.29, 0.717) is 6.04 Å². The molecule has 2 nitrogen and oxygen atoms in total. The van der Waals surface area contributed by atoms with E-state index < -0.39 is 0 Å². The van der Waals surface area contributed by atoms with Crippen LogP contribution in [0.25, 0.3) is 0 Å². The second kappa shape index (κ2) is 5.13. The van der Waals surface area contributed by atoms with Gasteiger partial charge in [-0.15, -0.1) is 6.58 Å². The van der Waals surface area contributed by atoms with Gasteiger partial charge in [0.05, 0.1) is 0 Å². The van der Waals surface area contributed by atoms with Crippen molar-refractivity contribution in [1.29, 1.82) is 0 Å². The van der Waals surface area contributed by atoms with Crippen LogP contribution in [0.15, 0.2) is 12.7 Å². The van der Waals surface area contributed by atoms with Gasteiger partial charge >= 0.3 is 0 Å². The Morgan fingerprint density at radius 3 is 2.67 bits per heavy atom. The lowest BCUT2D eigenvalue weighted by Crippen LogP contribution is -2.42. The van der Waals surface area contributed by atoms with E-state index in [1.807, 2.05) is 6.08 Å². The molecule has 15 heavy (non-hydrogen) atoms. The second-order valence-electron chi connectivity index (χ2n) is 5.17. The first kappa shape index (κ1) is 11.2. The van der Waals surface area contributed by atoms with Crippen molar-refractivity contribution in [3.63, 3.8) is 0 Å². The third kappa shape index (κ3) is 3.62. The zero-order valence-electron chi connectivity index (χ0n) is 9.91. The van der Waals surface area contributed by atoms with Crippen LogP contribution in [0.5, 0.6) is 0 Å². The van der Waals surface area contributed by atoms with Crippen molar-refractivity contribution < 1.29 is 0 Å². The van der Waals surface area contributed by atoms with Gasteiger partial charge in [0, 0.05) is 31.7 Å². The van der Waals surface area contributed by atoms with Gasteiger partial charge in [0.2, 0.25) is 0 Å². The fourth-order valence-corrected chi connectivity index (χ4v) is 2.21. The zero-order chi connectivity index (χ0) is 10.7. The highest BCUT2D eigenvalue weighted by Crippen LogP contribution is 2.35. The third-order valence-corrected chi connectivity index (χ3v) is 3.48. The lowest BCUT2D eigenvalue weighted by molar-refractivity contribution is 0.187. The molecular formula is C13H24N2. The smallest absolute Gasteiger partial charge is 0.0195 e. The fraction of sp³-hybridized carbons (Fsp3) is 0.846. The normalized spacial score (nSPS) is 23.1. The van der Waals surface area contributed by atoms with Gasteiger partial charge in [-0.1, -0.05) is 6.08 Å². The molecule has 0 bridgehead atoms. The molecule has 2 saturated carbocycles. The predicted octanol–water partition coefficient (Wildman–Crippen LogP) is 2.02. The summed E-state index contributed by atoms with van der Waals surface area (Å²) in [6.07, 6.45) is 7.73. The number of hydrogen-bond acceptors (Lipinski definition) is 2. The van der Waals surface area contributed by atoms with E-state index in [1.165, 1.54) is 32.2 Å². The predicted molar refractivity (Wildman–Crippen MR) is 65.0 cm³/mol. The summed E-state index contributed by atoms with van der Waals surface area (Å²) in [6.45, 7) is 9.48. The molecule has 0 aromatic rings. The molecule has 1 atom stereocenters. The lowest BCUT2D eigenvalue weighted by atomic mass is 10.2. The van der Waals surface area contributed by atoms with Gasteiger partial charge < -0.3 is 5.32 Å². The van der Waals surface area contributed by atoms with Crippen molar-refractivity contribution >= 4 is 0 Å². The molecule has 2 fully saturated rings. The molecule has 0 spiro atoms. The van der Waals surface area contributed by atoms with Crippen molar-refractivity contribution in [3.8, 4) is 0 Å². The fourth-order valence-electron chi connectivity index (χ4n) is 2.21. The summed E-state index contributed by atoms with van der Waals surface area (Å²) in [5.74, 6) is 1.02. The van der Waals surface area contributed by atoms with Crippen molar-refractivity contribution in [3.05, 3.63) is 12.7 Å². The van der Waals surface area contributed by atoms with Crippen LogP contribution in [-0.4, -0.2) is 36.6 Å². The van der Waals surface area contributed by atoms with Crippen molar-refractivity contribution in [2.75, 3.05) is 19.6 Å². The van der Waals surface area contributed by atoms with Gasteiger partial charge in [-0.25, -0.2) is 0 Å². The third-order valence-electron chi connectivity index (χ3n) is 3.48. The standard InChI is InChI=1S/C13H24N2/c1-3-8-14-9-11(2)15(13-6-7-13)10-12-4-5-12/h3,11-14H,1,4-10H2,2H3. The molecular weight excluding hydrogens is 184 g/mol. The van der Waals surface area contributed by atoms with Gasteiger partial charge in [-0.3, -0.25) is 4.90 Å². The highest BCUT2D eigenvalue weighted by molar-refractivity contribution is 4.91. The Balaban J connectivity index is 1.72. The van der Waals surface area contributed by atoms with Crippen LogP contribution in [0.1, 0.15) is 32.6 Å². The van der Waals surface area contributed by atoms with E-state index in [-0.39, 0.29) is 0 Å². The minimum Gasteiger partial charge on any atom is -0.312 e. The van der Waals surface area contributed by atoms with Crippen molar-refractivity contribution in [2.45, 2.75) is 44.7 Å². The summed E-state index contributed by atoms with van der Waals surface area (Å²) in [7, 11) is 0. The molecule has 0 aliphatic heterocycles. The summed E-state index contributed by atoms with van der Waals surface area (Å²) < 4.78 is 0. The maximum Gasteiger partial charge on any atom is 0.0195 e. The molecule has 0 heterocycles. The molecule has 2 rings (SSSR count). The average Bonchev–Trinajstić information content (AvgIpc) is 3.06. The molecule has 1 unspecified atom stereocenters. The van der Waals surface area contributed by atoms with Crippen LogP contribution < -0.4 is 5.32 Å². The van der Waals surface area contributed by atoms with E-state index >= 15 is 0 Å². The average molecular weight is 208 g/mol. The number of nitrogens with zero attached hydrogens (tertiary/aromatic N) is 1. The van der Waals surface area contributed by atoms with Crippen LogP contribution in [0.2, 0.25) is 0 Å². The topological polar surface area (TPSA) is 15.3 Å². The molecule has 0 radical (unpaired) electrons. The van der Waals surface area contributed by atoms with Crippen LogP contribution in [0.3, 0.4) is 0 Å². The van der Waals surface area contributed by atoms with E-state index in [1.54, 1.807) is 0 Å². The molecule has 86 valence electrons. The Kier molecular flexibility index (Phi) is 3.81. The van der Waals surface area contributed by atoms with Crippen LogP contribution in [-0.2, 0) is 0 Å². The molecule has 0 amide bonds. The Morgan fingerprint density at radius 1 is 1.40 bits per heavy atom. The minimum atomic E-state index is 0.693. The molecule has 0 aromatic carbocycles. The summed E-state index contributed by atoms with van der Waals surface area (Å²) in [5.41, 5.74) is 0. The zero-order valence-corrected chi connectivity index (χ0v) is 9.91. The molecule has 0 saturated heterocycles. The van der Waals surface area contributed by atoms with E-state index in [9.17, 15) is 0 Å². The Bertz CT molecular complexity index is 207. The molecule has 0 aromatic heterocycles. The summed E-state index contributed by atoms with van der Waals surface area (Å²) in [5, 5.41) is 3.43. The van der Waals surface area contributed by atoms with Crippen LogP contribution >= 0.6 is 0 Å². The first-order valence-electron chi connectivity index (χ1n) is 6.38. The highest BCUT2D eigenvalue weighted by atomic mass is 15.2. The molecule has 2 aliphatic carbocycles. The van der Waals surface area contributed by atoms with Crippen molar-refractivity contribution in [2.24, 2.45) is 5.92 Å². The minimum absolute atomic E-state index is 0.693. The van der Waals surface area contributed by atoms with E-state index in [0.717, 1.165) is 25.0 Å². The van der Waals surface area contributed by atoms with Crippen molar-refractivity contribution in [1.82, 2.24) is 10.2 Å². The summed E-state index contributed by atoms with van der Waals surface area (Å²) in [6, 6.07) is 1.60. The molecule has 2 aliphatic rings. The number of rotatable bonds is 8. The molecule has 2 heteroatoms. The second-order valence-corrected chi connectivity index (χ2v) is 5.17. The largest absolute Gasteiger partial charge is 0.312 e. The highest BCUT2D eigenvalue weighted by Gasteiger charge is 2.35. The van der Waals surface area contributed by atoms with E-state index in [4.69, 9.17) is 0 Å². The Morgan fingerprint density at radius 2 is 2.13 bits per heavy atom. The van der Waals surface area contributed by atoms with Gasteiger partial charge in [0.15, 0.2) is 0 Å². The van der Waals surface area contributed by atoms with Crippen LogP contribution in [0, 0.1) is 5.92 Å². The van der Waals surface area contributed by atoms with E-state index in [2.05, 4.69) is 23.7 Å². The summed E-state index contributed by atoms with van der Waals surface area (Å²) in [4.78, 5) is 2.73. The quantitative estimate of drug-likeness (QED) is 0.485. The Hall–Kier alpha value is -0.340. The number of hydrogen-bond donors (Lipinski definition) is 1. The van der Waals surface area contributed by atoms with Crippen LogP contribution in [0.4, 0.5) is 0 Å². The molecule has 1 N–H and O–H groups in total. The first-order valence-corrected chi connectivity index (χ1v) is 6.38. The van der Waals surface area contributed by atoms with Gasteiger partial charge in [0.25, 0.3) is 0 Å². The maximum atomic E-state index is 3.73. The SMILES string of the molecule is C=CCNCC(C)N(CC1CC1)C1CC1. The number of nitrogens with one attached hydrogen (secondary N) is 1. The Labute approximate surface area is 93.7 Å². The van der Waals surface area contributed by atoms with Gasteiger partial charge in [-0.05, 0) is 38.5 Å².